The summed E-state index contributed by atoms with van der Waals surface area (Å²) in [6.45, 7) is 0. The zero-order chi connectivity index (χ0) is 12.3. The van der Waals surface area contributed by atoms with E-state index < -0.39 is 7.12 Å². The molecule has 2 N–H and O–H groups in total. The van der Waals surface area contributed by atoms with Gasteiger partial charge in [-0.3, -0.25) is 4.79 Å². The fourth-order valence-electron chi connectivity index (χ4n) is 1.16. The van der Waals surface area contributed by atoms with Gasteiger partial charge < -0.3 is 19.7 Å². The van der Waals surface area contributed by atoms with Crippen molar-refractivity contribution in [1.29, 1.82) is 0 Å². The van der Waals surface area contributed by atoms with E-state index in [1.54, 1.807) is 14.1 Å². The van der Waals surface area contributed by atoms with Crippen LogP contribution >= 0.6 is 0 Å². The molecule has 1 aromatic heterocycles. The summed E-state index contributed by atoms with van der Waals surface area (Å²) in [6, 6.07) is 2.81. The smallest absolute Gasteiger partial charge is 0.481 e. The molecule has 0 spiro atoms. The van der Waals surface area contributed by atoms with Crippen LogP contribution in [0.5, 0.6) is 5.88 Å². The molecule has 7 heteroatoms. The maximum absolute atomic E-state index is 11.6. The molecule has 0 aliphatic carbocycles. The molecule has 0 saturated heterocycles. The molecule has 1 aromatic rings. The zero-order valence-corrected chi connectivity index (χ0v) is 9.34. The van der Waals surface area contributed by atoms with E-state index in [0.29, 0.717) is 0 Å². The first kappa shape index (κ1) is 12.5. The van der Waals surface area contributed by atoms with Gasteiger partial charge in [0.2, 0.25) is 5.88 Å². The summed E-state index contributed by atoms with van der Waals surface area (Å²) in [4.78, 5) is 16.8. The molecule has 1 rings (SSSR count). The summed E-state index contributed by atoms with van der Waals surface area (Å²) < 4.78 is 4.88. The fraction of sp³-hybridized carbons (Fsp3) is 0.333. The summed E-state index contributed by atoms with van der Waals surface area (Å²) in [5.74, 6) is -0.250. The number of ether oxygens (including phenoxy) is 1. The van der Waals surface area contributed by atoms with Crippen LogP contribution in [0.2, 0.25) is 0 Å². The SMILES string of the molecule is COc1nc(C(=O)N(C)C)ccc1B(O)O. The number of amides is 1. The first-order valence-corrected chi connectivity index (χ1v) is 4.60. The van der Waals surface area contributed by atoms with Crippen LogP contribution in [0.25, 0.3) is 0 Å². The highest BCUT2D eigenvalue weighted by Gasteiger charge is 2.20. The Bertz CT molecular complexity index is 395. The molecule has 0 fully saturated rings. The lowest BCUT2D eigenvalue weighted by atomic mass is 9.81. The third-order valence-corrected chi connectivity index (χ3v) is 1.99. The standard InChI is InChI=1S/C9H13BN2O4/c1-12(2)9(13)7-5-4-6(10(14)15)8(11-7)16-3/h4-5,14-15H,1-3H3. The number of methoxy groups -OCH3 is 1. The van der Waals surface area contributed by atoms with E-state index in [9.17, 15) is 4.79 Å². The topological polar surface area (TPSA) is 82.9 Å². The molecule has 16 heavy (non-hydrogen) atoms. The van der Waals surface area contributed by atoms with Gasteiger partial charge in [-0.05, 0) is 6.07 Å². The van der Waals surface area contributed by atoms with Crippen LogP contribution in [0.3, 0.4) is 0 Å². The summed E-state index contributed by atoms with van der Waals surface area (Å²) in [5, 5.41) is 18.0. The van der Waals surface area contributed by atoms with Gasteiger partial charge in [0.15, 0.2) is 0 Å². The largest absolute Gasteiger partial charge is 0.494 e. The molecule has 1 amide bonds. The Hall–Kier alpha value is -1.60. The third-order valence-electron chi connectivity index (χ3n) is 1.99. The third kappa shape index (κ3) is 2.50. The number of rotatable bonds is 3. The second-order valence-electron chi connectivity index (χ2n) is 3.37. The molecule has 0 bridgehead atoms. The number of carbonyl (C=O) groups is 1. The summed E-state index contributed by atoms with van der Waals surface area (Å²) in [7, 11) is 2.88. The number of hydrogen-bond donors (Lipinski definition) is 2. The molecular weight excluding hydrogens is 211 g/mol. The molecule has 6 nitrogen and oxygen atoms in total. The maximum Gasteiger partial charge on any atom is 0.494 e. The highest BCUT2D eigenvalue weighted by molar-refractivity contribution is 6.59. The van der Waals surface area contributed by atoms with E-state index in [2.05, 4.69) is 4.98 Å². The van der Waals surface area contributed by atoms with E-state index in [1.807, 2.05) is 0 Å². The average Bonchev–Trinajstić information content (AvgIpc) is 2.26. The molecule has 0 aromatic carbocycles. The van der Waals surface area contributed by atoms with Crippen molar-refractivity contribution in [3.63, 3.8) is 0 Å². The molecule has 0 unspecified atom stereocenters. The Kier molecular flexibility index (Phi) is 3.86. The Labute approximate surface area is 93.6 Å². The van der Waals surface area contributed by atoms with E-state index in [4.69, 9.17) is 14.8 Å². The molecule has 0 radical (unpaired) electrons. The second-order valence-corrected chi connectivity index (χ2v) is 3.37. The first-order valence-electron chi connectivity index (χ1n) is 4.60. The summed E-state index contributed by atoms with van der Waals surface area (Å²) >= 11 is 0. The highest BCUT2D eigenvalue weighted by atomic mass is 16.5. The first-order chi connectivity index (χ1) is 7.47. The Morgan fingerprint density at radius 1 is 1.44 bits per heavy atom. The van der Waals surface area contributed by atoms with Gasteiger partial charge in [-0.15, -0.1) is 0 Å². The van der Waals surface area contributed by atoms with E-state index in [1.165, 1.54) is 24.1 Å². The number of aromatic nitrogens is 1. The molecule has 1 heterocycles. The lowest BCUT2D eigenvalue weighted by Gasteiger charge is -2.12. The van der Waals surface area contributed by atoms with Crippen molar-refractivity contribution in [3.8, 4) is 5.88 Å². The van der Waals surface area contributed by atoms with Crippen LogP contribution < -0.4 is 10.2 Å². The number of pyridine rings is 1. The Balaban J connectivity index is 3.14. The monoisotopic (exact) mass is 224 g/mol. The van der Waals surface area contributed by atoms with Crippen molar-refractivity contribution in [2.75, 3.05) is 21.2 Å². The molecule has 0 aliphatic heterocycles. The van der Waals surface area contributed by atoms with Gasteiger partial charge in [0, 0.05) is 19.6 Å². The van der Waals surface area contributed by atoms with E-state index in [0.717, 1.165) is 0 Å². The van der Waals surface area contributed by atoms with Gasteiger partial charge in [-0.25, -0.2) is 4.98 Å². The maximum atomic E-state index is 11.6. The van der Waals surface area contributed by atoms with Crippen molar-refractivity contribution in [2.24, 2.45) is 0 Å². The second kappa shape index (κ2) is 4.95. The summed E-state index contributed by atoms with van der Waals surface area (Å²) in [6.07, 6.45) is 0. The van der Waals surface area contributed by atoms with Gasteiger partial charge in [0.05, 0.1) is 7.11 Å². The van der Waals surface area contributed by atoms with Crippen LogP contribution in [-0.4, -0.2) is 54.2 Å². The lowest BCUT2D eigenvalue weighted by Crippen LogP contribution is -2.33. The van der Waals surface area contributed by atoms with Crippen molar-refractivity contribution in [3.05, 3.63) is 17.8 Å². The Morgan fingerprint density at radius 3 is 2.50 bits per heavy atom. The Morgan fingerprint density at radius 2 is 2.06 bits per heavy atom. The molecule has 0 saturated carbocycles. The quantitative estimate of drug-likeness (QED) is 0.608. The number of nitrogens with zero attached hydrogens (tertiary/aromatic N) is 2. The van der Waals surface area contributed by atoms with Crippen molar-refractivity contribution >= 4 is 18.5 Å². The minimum absolute atomic E-state index is 0.0303. The summed E-state index contributed by atoms with van der Waals surface area (Å²) in [5.41, 5.74) is 0.309. The van der Waals surface area contributed by atoms with Gasteiger partial charge in [0.1, 0.15) is 5.69 Å². The van der Waals surface area contributed by atoms with Crippen LogP contribution in [-0.2, 0) is 0 Å². The lowest BCUT2D eigenvalue weighted by molar-refractivity contribution is 0.0821. The average molecular weight is 224 g/mol. The van der Waals surface area contributed by atoms with Gasteiger partial charge >= 0.3 is 7.12 Å². The van der Waals surface area contributed by atoms with Crippen molar-refractivity contribution in [1.82, 2.24) is 9.88 Å². The van der Waals surface area contributed by atoms with Crippen LogP contribution in [0.1, 0.15) is 10.5 Å². The molecule has 0 aliphatic rings. The molecule has 86 valence electrons. The van der Waals surface area contributed by atoms with Crippen molar-refractivity contribution < 1.29 is 19.6 Å². The van der Waals surface area contributed by atoms with E-state index >= 15 is 0 Å². The highest BCUT2D eigenvalue weighted by Crippen LogP contribution is 2.06. The molecule has 0 atom stereocenters. The van der Waals surface area contributed by atoms with Gasteiger partial charge in [-0.1, -0.05) is 6.07 Å². The van der Waals surface area contributed by atoms with Crippen LogP contribution in [0.15, 0.2) is 12.1 Å². The minimum atomic E-state index is -1.68. The minimum Gasteiger partial charge on any atom is -0.481 e. The van der Waals surface area contributed by atoms with Crippen LogP contribution in [0, 0.1) is 0 Å². The van der Waals surface area contributed by atoms with E-state index in [-0.39, 0.29) is 22.9 Å². The van der Waals surface area contributed by atoms with Crippen LogP contribution in [0.4, 0.5) is 0 Å². The van der Waals surface area contributed by atoms with Crippen molar-refractivity contribution in [2.45, 2.75) is 0 Å². The number of hydrogen-bond acceptors (Lipinski definition) is 5. The predicted octanol–water partition coefficient (Wildman–Crippen LogP) is -1.53. The zero-order valence-electron chi connectivity index (χ0n) is 9.34. The number of carbonyl (C=O) groups excluding carboxylic acids is 1. The van der Waals surface area contributed by atoms with Gasteiger partial charge in [-0.2, -0.15) is 0 Å². The fourth-order valence-corrected chi connectivity index (χ4v) is 1.16. The molecular formula is C9H13BN2O4. The normalized spacial score (nSPS) is 9.81. The van der Waals surface area contributed by atoms with Gasteiger partial charge in [0.25, 0.3) is 5.91 Å². The predicted molar refractivity (Wildman–Crippen MR) is 58.6 cm³/mol.